The Labute approximate surface area is 309 Å². The van der Waals surface area contributed by atoms with Crippen LogP contribution in [-0.2, 0) is 5.41 Å². The number of ether oxygens (including phenoxy) is 2. The molecule has 2 heterocycles. The van der Waals surface area contributed by atoms with Crippen LogP contribution in [0.1, 0.15) is 25.0 Å². The van der Waals surface area contributed by atoms with Crippen LogP contribution in [0.25, 0.3) is 67.0 Å². The Bertz CT molecular complexity index is 2690. The summed E-state index contributed by atoms with van der Waals surface area (Å²) < 4.78 is 13.7. The molecule has 0 saturated carbocycles. The number of rotatable bonds is 5. The SMILES string of the molecule is CC1(C)c2ccccc2-c2c1ccc1c2Oc2c(cccc2-c2ccccc2-c2cc(-c3cccc(-c4ccccc4)c3)cc(-c3ccccc3)n2)O1. The Morgan fingerprint density at radius 1 is 0.377 bits per heavy atom. The molecule has 1 aliphatic heterocycles. The van der Waals surface area contributed by atoms with Crippen LogP contribution in [0.15, 0.2) is 176 Å². The van der Waals surface area contributed by atoms with Gasteiger partial charge in [-0.15, -0.1) is 0 Å². The molecule has 252 valence electrons. The summed E-state index contributed by atoms with van der Waals surface area (Å²) in [6.07, 6.45) is 0. The number of hydrogen-bond acceptors (Lipinski definition) is 3. The van der Waals surface area contributed by atoms with E-state index in [2.05, 4.69) is 172 Å². The summed E-state index contributed by atoms with van der Waals surface area (Å²) in [7, 11) is 0. The smallest absolute Gasteiger partial charge is 0.178 e. The average molecular weight is 682 g/mol. The van der Waals surface area contributed by atoms with Gasteiger partial charge in [-0.1, -0.05) is 159 Å². The summed E-state index contributed by atoms with van der Waals surface area (Å²) in [5.74, 6) is 2.90. The van der Waals surface area contributed by atoms with Gasteiger partial charge in [-0.2, -0.15) is 0 Å². The van der Waals surface area contributed by atoms with E-state index >= 15 is 0 Å². The molecule has 1 aliphatic carbocycles. The molecule has 3 heteroatoms. The summed E-state index contributed by atoms with van der Waals surface area (Å²) in [6.45, 7) is 4.57. The van der Waals surface area contributed by atoms with Gasteiger partial charge in [-0.3, -0.25) is 0 Å². The van der Waals surface area contributed by atoms with Gasteiger partial charge in [0.15, 0.2) is 23.0 Å². The highest BCUT2D eigenvalue weighted by molar-refractivity contribution is 5.92. The van der Waals surface area contributed by atoms with Crippen LogP contribution in [0.4, 0.5) is 0 Å². The van der Waals surface area contributed by atoms with E-state index in [0.29, 0.717) is 11.5 Å². The Balaban J connectivity index is 1.13. The van der Waals surface area contributed by atoms with Gasteiger partial charge < -0.3 is 9.47 Å². The Hall–Kier alpha value is -6.71. The summed E-state index contributed by atoms with van der Waals surface area (Å²) >= 11 is 0. The van der Waals surface area contributed by atoms with Gasteiger partial charge in [0.05, 0.1) is 11.4 Å². The highest BCUT2D eigenvalue weighted by Gasteiger charge is 2.40. The lowest BCUT2D eigenvalue weighted by Crippen LogP contribution is -2.15. The summed E-state index contributed by atoms with van der Waals surface area (Å²) in [4.78, 5) is 5.33. The highest BCUT2D eigenvalue weighted by atomic mass is 16.6. The van der Waals surface area contributed by atoms with Gasteiger partial charge in [0, 0.05) is 27.7 Å². The average Bonchev–Trinajstić information content (AvgIpc) is 3.46. The predicted octanol–water partition coefficient (Wildman–Crippen LogP) is 13.6. The van der Waals surface area contributed by atoms with Crippen molar-refractivity contribution >= 4 is 0 Å². The monoisotopic (exact) mass is 681 g/mol. The molecular weight excluding hydrogens is 647 g/mol. The summed E-state index contributed by atoms with van der Waals surface area (Å²) in [5, 5.41) is 0. The number of hydrogen-bond donors (Lipinski definition) is 0. The Morgan fingerprint density at radius 3 is 1.75 bits per heavy atom. The maximum atomic E-state index is 7.04. The van der Waals surface area contributed by atoms with Crippen molar-refractivity contribution in [3.8, 4) is 90.0 Å². The molecule has 8 aromatic rings. The molecule has 53 heavy (non-hydrogen) atoms. The molecule has 7 aromatic carbocycles. The van der Waals surface area contributed by atoms with Crippen molar-refractivity contribution in [2.75, 3.05) is 0 Å². The van der Waals surface area contributed by atoms with E-state index in [1.165, 1.54) is 27.8 Å². The van der Waals surface area contributed by atoms with E-state index in [4.69, 9.17) is 14.5 Å². The summed E-state index contributed by atoms with van der Waals surface area (Å²) in [5.41, 5.74) is 15.1. The minimum atomic E-state index is -0.148. The first-order valence-corrected chi connectivity index (χ1v) is 18.1. The predicted molar refractivity (Wildman–Crippen MR) is 216 cm³/mol. The zero-order chi connectivity index (χ0) is 35.5. The Morgan fingerprint density at radius 2 is 0.962 bits per heavy atom. The van der Waals surface area contributed by atoms with E-state index in [1.807, 2.05) is 18.2 Å². The van der Waals surface area contributed by atoms with Crippen molar-refractivity contribution in [3.05, 3.63) is 187 Å². The minimum absolute atomic E-state index is 0.148. The van der Waals surface area contributed by atoms with Gasteiger partial charge in [0.25, 0.3) is 0 Å². The molecule has 0 saturated heterocycles. The van der Waals surface area contributed by atoms with Crippen LogP contribution in [-0.4, -0.2) is 4.98 Å². The van der Waals surface area contributed by atoms with E-state index in [9.17, 15) is 0 Å². The van der Waals surface area contributed by atoms with Crippen LogP contribution < -0.4 is 9.47 Å². The topological polar surface area (TPSA) is 31.4 Å². The second-order valence-corrected chi connectivity index (χ2v) is 14.3. The van der Waals surface area contributed by atoms with Gasteiger partial charge in [-0.05, 0) is 74.8 Å². The highest BCUT2D eigenvalue weighted by Crippen LogP contribution is 2.59. The minimum Gasteiger partial charge on any atom is -0.449 e. The number of aromatic nitrogens is 1. The van der Waals surface area contributed by atoms with E-state index < -0.39 is 0 Å². The molecule has 0 N–H and O–H groups in total. The fraction of sp³-hybridized carbons (Fsp3) is 0.0600. The molecule has 0 unspecified atom stereocenters. The van der Waals surface area contributed by atoms with Gasteiger partial charge in [-0.25, -0.2) is 4.98 Å². The van der Waals surface area contributed by atoms with Crippen molar-refractivity contribution in [1.82, 2.24) is 4.98 Å². The maximum Gasteiger partial charge on any atom is 0.178 e. The first-order chi connectivity index (χ1) is 26.0. The Kier molecular flexibility index (Phi) is 7.16. The van der Waals surface area contributed by atoms with Crippen LogP contribution in [0.3, 0.4) is 0 Å². The molecule has 2 aliphatic rings. The quantitative estimate of drug-likeness (QED) is 0.181. The second kappa shape index (κ2) is 12.2. The van der Waals surface area contributed by atoms with Crippen molar-refractivity contribution in [2.24, 2.45) is 0 Å². The third-order valence-electron chi connectivity index (χ3n) is 10.8. The zero-order valence-electron chi connectivity index (χ0n) is 29.5. The van der Waals surface area contributed by atoms with Crippen LogP contribution >= 0.6 is 0 Å². The van der Waals surface area contributed by atoms with Crippen LogP contribution in [0, 0.1) is 0 Å². The van der Waals surface area contributed by atoms with E-state index in [-0.39, 0.29) is 5.41 Å². The van der Waals surface area contributed by atoms with Gasteiger partial charge in [0.1, 0.15) is 0 Å². The van der Waals surface area contributed by atoms with E-state index in [1.54, 1.807) is 0 Å². The molecule has 10 rings (SSSR count). The van der Waals surface area contributed by atoms with Crippen molar-refractivity contribution in [2.45, 2.75) is 19.3 Å². The van der Waals surface area contributed by atoms with Crippen molar-refractivity contribution in [1.29, 1.82) is 0 Å². The number of nitrogens with zero attached hydrogens (tertiary/aromatic N) is 1. The standard InChI is InChI=1S/C50H35NO2/c1-50(2)41-25-12-11-23-40(41)47-42(50)27-28-46-49(47)53-48-39(24-14-26-45(48)52-46)37-21-9-10-22-38(37)44-31-36(30-43(51-44)33-17-7-4-8-18-33)35-20-13-19-34(29-35)32-15-5-3-6-16-32/h3-31H,1-2H3. The number of benzene rings is 7. The van der Waals surface area contributed by atoms with E-state index in [0.717, 1.165) is 61.8 Å². The molecule has 0 radical (unpaired) electrons. The lowest BCUT2D eigenvalue weighted by atomic mass is 9.82. The zero-order valence-corrected chi connectivity index (χ0v) is 29.5. The van der Waals surface area contributed by atoms with Crippen LogP contribution in [0.5, 0.6) is 23.0 Å². The second-order valence-electron chi connectivity index (χ2n) is 14.3. The number of pyridine rings is 1. The van der Waals surface area contributed by atoms with Crippen molar-refractivity contribution in [3.63, 3.8) is 0 Å². The maximum absolute atomic E-state index is 7.04. The molecule has 0 spiro atoms. The molecule has 0 bridgehead atoms. The summed E-state index contributed by atoms with van der Waals surface area (Å²) in [6, 6.07) is 61.6. The lowest BCUT2D eigenvalue weighted by Gasteiger charge is -2.27. The van der Waals surface area contributed by atoms with Crippen molar-refractivity contribution < 1.29 is 9.47 Å². The lowest BCUT2D eigenvalue weighted by molar-refractivity contribution is 0.361. The number of para-hydroxylation sites is 1. The fourth-order valence-corrected chi connectivity index (χ4v) is 8.10. The normalized spacial score (nSPS) is 13.2. The first kappa shape index (κ1) is 31.1. The molecule has 0 amide bonds. The largest absolute Gasteiger partial charge is 0.449 e. The van der Waals surface area contributed by atoms with Gasteiger partial charge >= 0.3 is 0 Å². The first-order valence-electron chi connectivity index (χ1n) is 18.1. The molecule has 0 atom stereocenters. The molecule has 1 aromatic heterocycles. The molecule has 0 fully saturated rings. The van der Waals surface area contributed by atoms with Gasteiger partial charge in [0.2, 0.25) is 0 Å². The molecule has 3 nitrogen and oxygen atoms in total. The third-order valence-corrected chi connectivity index (χ3v) is 10.8. The molecular formula is C50H35NO2. The number of fused-ring (bicyclic) bond motifs is 6. The third kappa shape index (κ3) is 5.16. The van der Waals surface area contributed by atoms with Crippen LogP contribution in [0.2, 0.25) is 0 Å². The fourth-order valence-electron chi connectivity index (χ4n) is 8.10.